The smallest absolute Gasteiger partial charge is 0.191 e. The number of benzene rings is 1. The van der Waals surface area contributed by atoms with Crippen LogP contribution in [0.15, 0.2) is 29.3 Å². The monoisotopic (exact) mass is 314 g/mol. The number of nitrogens with zero attached hydrogens (tertiary/aromatic N) is 2. The molecule has 23 heavy (non-hydrogen) atoms. The van der Waals surface area contributed by atoms with E-state index in [1.807, 2.05) is 24.3 Å². The molecule has 0 heterocycles. The van der Waals surface area contributed by atoms with Gasteiger partial charge in [-0.2, -0.15) is 5.26 Å². The number of hydrogen-bond donors (Lipinski definition) is 2. The van der Waals surface area contributed by atoms with Crippen molar-refractivity contribution >= 4 is 5.96 Å². The molecular weight excluding hydrogens is 288 g/mol. The zero-order chi connectivity index (χ0) is 16.3. The zero-order valence-electron chi connectivity index (χ0n) is 13.8. The Morgan fingerprint density at radius 3 is 2.74 bits per heavy atom. The molecule has 1 aromatic rings. The minimum Gasteiger partial charge on any atom is -0.381 e. The molecule has 124 valence electrons. The highest BCUT2D eigenvalue weighted by atomic mass is 16.5. The summed E-state index contributed by atoms with van der Waals surface area (Å²) in [4.78, 5) is 4.57. The van der Waals surface area contributed by atoms with Crippen molar-refractivity contribution in [1.82, 2.24) is 10.6 Å². The number of aliphatic imine (C=N–C) groups is 1. The van der Waals surface area contributed by atoms with E-state index in [9.17, 15) is 0 Å². The second kappa shape index (κ2) is 9.86. The van der Waals surface area contributed by atoms with Crippen LogP contribution in [-0.4, -0.2) is 32.3 Å². The van der Waals surface area contributed by atoms with Gasteiger partial charge in [0.15, 0.2) is 5.96 Å². The molecule has 1 saturated carbocycles. The minimum atomic E-state index is 0.596. The lowest BCUT2D eigenvalue weighted by molar-refractivity contribution is 0.123. The average molecular weight is 314 g/mol. The summed E-state index contributed by atoms with van der Waals surface area (Å²) in [7, 11) is 0. The number of ether oxygens (including phenoxy) is 1. The molecule has 1 aromatic carbocycles. The minimum absolute atomic E-state index is 0.596. The lowest BCUT2D eigenvalue weighted by Crippen LogP contribution is -2.38. The van der Waals surface area contributed by atoms with Gasteiger partial charge < -0.3 is 15.4 Å². The van der Waals surface area contributed by atoms with Crippen LogP contribution in [0.25, 0.3) is 0 Å². The summed E-state index contributed by atoms with van der Waals surface area (Å²) < 4.78 is 5.62. The quantitative estimate of drug-likeness (QED) is 0.417. The maximum absolute atomic E-state index is 8.80. The fourth-order valence-electron chi connectivity index (χ4n) is 2.11. The standard InChI is InChI=1S/C18H26N4O/c1-2-20-18(21-10-3-11-23-14-17-8-9-17)22-13-16-6-4-15(12-19)5-7-16/h4-7,17H,2-3,8-11,13-14H2,1H3,(H2,20,21,22). The predicted molar refractivity (Wildman–Crippen MR) is 92.1 cm³/mol. The number of nitrogens with one attached hydrogen (secondary N) is 2. The summed E-state index contributed by atoms with van der Waals surface area (Å²) in [5.74, 6) is 1.65. The molecule has 5 heteroatoms. The SMILES string of the molecule is CCNC(=NCc1ccc(C#N)cc1)NCCCOCC1CC1. The van der Waals surface area contributed by atoms with Crippen molar-refractivity contribution in [3.05, 3.63) is 35.4 Å². The van der Waals surface area contributed by atoms with Crippen LogP contribution in [-0.2, 0) is 11.3 Å². The van der Waals surface area contributed by atoms with Gasteiger partial charge in [-0.1, -0.05) is 12.1 Å². The Morgan fingerprint density at radius 2 is 2.09 bits per heavy atom. The van der Waals surface area contributed by atoms with Crippen LogP contribution >= 0.6 is 0 Å². The molecule has 0 atom stereocenters. The highest BCUT2D eigenvalue weighted by Gasteiger charge is 2.20. The Hall–Kier alpha value is -2.06. The first-order valence-electron chi connectivity index (χ1n) is 8.40. The number of guanidine groups is 1. The molecule has 0 radical (unpaired) electrons. The summed E-state index contributed by atoms with van der Waals surface area (Å²) in [6, 6.07) is 9.65. The van der Waals surface area contributed by atoms with Gasteiger partial charge in [-0.25, -0.2) is 4.99 Å². The normalized spacial score (nSPS) is 14.3. The van der Waals surface area contributed by atoms with Gasteiger partial charge in [0, 0.05) is 26.3 Å². The molecule has 1 aliphatic carbocycles. The van der Waals surface area contributed by atoms with Gasteiger partial charge in [-0.05, 0) is 49.8 Å². The van der Waals surface area contributed by atoms with E-state index in [4.69, 9.17) is 10.00 Å². The van der Waals surface area contributed by atoms with Crippen molar-refractivity contribution in [3.8, 4) is 6.07 Å². The van der Waals surface area contributed by atoms with E-state index in [0.717, 1.165) is 50.2 Å². The summed E-state index contributed by atoms with van der Waals surface area (Å²) in [5.41, 5.74) is 1.77. The third-order valence-corrected chi connectivity index (χ3v) is 3.66. The van der Waals surface area contributed by atoms with E-state index in [0.29, 0.717) is 12.1 Å². The van der Waals surface area contributed by atoms with Gasteiger partial charge >= 0.3 is 0 Å². The third-order valence-electron chi connectivity index (χ3n) is 3.66. The molecule has 5 nitrogen and oxygen atoms in total. The largest absolute Gasteiger partial charge is 0.381 e. The summed E-state index contributed by atoms with van der Waals surface area (Å²) in [5, 5.41) is 15.4. The Bertz CT molecular complexity index is 529. The summed E-state index contributed by atoms with van der Waals surface area (Å²) >= 11 is 0. The molecule has 0 saturated heterocycles. The molecule has 2 rings (SSSR count). The molecule has 0 aliphatic heterocycles. The second-order valence-corrected chi connectivity index (χ2v) is 5.80. The van der Waals surface area contributed by atoms with E-state index in [2.05, 4.69) is 28.6 Å². The van der Waals surface area contributed by atoms with Gasteiger partial charge in [0.25, 0.3) is 0 Å². The molecule has 0 spiro atoms. The molecule has 2 N–H and O–H groups in total. The van der Waals surface area contributed by atoms with Crippen LogP contribution in [0.4, 0.5) is 0 Å². The predicted octanol–water partition coefficient (Wildman–Crippen LogP) is 2.43. The van der Waals surface area contributed by atoms with E-state index < -0.39 is 0 Å². The Morgan fingerprint density at radius 1 is 1.30 bits per heavy atom. The lowest BCUT2D eigenvalue weighted by Gasteiger charge is -2.11. The van der Waals surface area contributed by atoms with E-state index in [-0.39, 0.29) is 0 Å². The highest BCUT2D eigenvalue weighted by Crippen LogP contribution is 2.28. The van der Waals surface area contributed by atoms with Crippen molar-refractivity contribution in [2.75, 3.05) is 26.3 Å². The van der Waals surface area contributed by atoms with Crippen LogP contribution in [0.2, 0.25) is 0 Å². The molecular formula is C18H26N4O. The molecule has 0 bridgehead atoms. The Labute approximate surface area is 138 Å². The van der Waals surface area contributed by atoms with Crippen molar-refractivity contribution in [2.45, 2.75) is 32.7 Å². The molecule has 0 amide bonds. The third kappa shape index (κ3) is 7.16. The van der Waals surface area contributed by atoms with Gasteiger partial charge in [0.05, 0.1) is 18.2 Å². The first-order chi connectivity index (χ1) is 11.3. The fraction of sp³-hybridized carbons (Fsp3) is 0.556. The molecule has 1 aliphatic rings. The highest BCUT2D eigenvalue weighted by molar-refractivity contribution is 5.79. The fourth-order valence-corrected chi connectivity index (χ4v) is 2.11. The van der Waals surface area contributed by atoms with Crippen molar-refractivity contribution in [1.29, 1.82) is 5.26 Å². The van der Waals surface area contributed by atoms with E-state index in [1.54, 1.807) is 0 Å². The van der Waals surface area contributed by atoms with Gasteiger partial charge in [-0.3, -0.25) is 0 Å². The van der Waals surface area contributed by atoms with Crippen LogP contribution in [0.3, 0.4) is 0 Å². The molecule has 0 aromatic heterocycles. The van der Waals surface area contributed by atoms with Crippen molar-refractivity contribution in [2.24, 2.45) is 10.9 Å². The average Bonchev–Trinajstić information content (AvgIpc) is 3.40. The maximum Gasteiger partial charge on any atom is 0.191 e. The zero-order valence-corrected chi connectivity index (χ0v) is 13.8. The first-order valence-corrected chi connectivity index (χ1v) is 8.40. The van der Waals surface area contributed by atoms with Crippen LogP contribution < -0.4 is 10.6 Å². The van der Waals surface area contributed by atoms with Crippen LogP contribution in [0, 0.1) is 17.2 Å². The van der Waals surface area contributed by atoms with E-state index >= 15 is 0 Å². The lowest BCUT2D eigenvalue weighted by atomic mass is 10.1. The van der Waals surface area contributed by atoms with Gasteiger partial charge in [0.1, 0.15) is 0 Å². The first kappa shape index (κ1) is 17.3. The molecule has 1 fully saturated rings. The van der Waals surface area contributed by atoms with Gasteiger partial charge in [0.2, 0.25) is 0 Å². The van der Waals surface area contributed by atoms with Crippen molar-refractivity contribution in [3.63, 3.8) is 0 Å². The van der Waals surface area contributed by atoms with Crippen molar-refractivity contribution < 1.29 is 4.74 Å². The number of hydrogen-bond acceptors (Lipinski definition) is 3. The van der Waals surface area contributed by atoms with E-state index in [1.165, 1.54) is 12.8 Å². The maximum atomic E-state index is 8.80. The van der Waals surface area contributed by atoms with Gasteiger partial charge in [-0.15, -0.1) is 0 Å². The topological polar surface area (TPSA) is 69.4 Å². The summed E-state index contributed by atoms with van der Waals surface area (Å²) in [6.45, 7) is 6.06. The van der Waals surface area contributed by atoms with Crippen LogP contribution in [0.1, 0.15) is 37.3 Å². The number of rotatable bonds is 9. The Balaban J connectivity index is 1.68. The van der Waals surface area contributed by atoms with Crippen LogP contribution in [0.5, 0.6) is 0 Å². The second-order valence-electron chi connectivity index (χ2n) is 5.80. The Kier molecular flexibility index (Phi) is 7.41. The number of nitriles is 1. The summed E-state index contributed by atoms with van der Waals surface area (Å²) in [6.07, 6.45) is 3.66. The molecule has 0 unspecified atom stereocenters.